The molecule has 1 aliphatic heterocycles. The van der Waals surface area contributed by atoms with Gasteiger partial charge in [-0.15, -0.1) is 6.58 Å². The molecule has 0 aliphatic carbocycles. The number of hydrogen-bond acceptors (Lipinski definition) is 4. The fourth-order valence-electron chi connectivity index (χ4n) is 2.18. The number of hydrogen-bond donors (Lipinski definition) is 0. The molecule has 2 rings (SSSR count). The van der Waals surface area contributed by atoms with Gasteiger partial charge in [0.2, 0.25) is 0 Å². The Balaban J connectivity index is 2.45. The highest BCUT2D eigenvalue weighted by molar-refractivity contribution is 7.89. The SMILES string of the molecule is C=C[C@@H]1[C@H](CC)OC(=O)N1S(=O)(=O)c1ccc(C)cc1. The highest BCUT2D eigenvalue weighted by atomic mass is 32.2. The minimum absolute atomic E-state index is 0.0728. The molecule has 1 aromatic rings. The molecule has 108 valence electrons. The summed E-state index contributed by atoms with van der Waals surface area (Å²) in [6.07, 6.45) is 0.634. The fraction of sp³-hybridized carbons (Fsp3) is 0.357. The smallest absolute Gasteiger partial charge is 0.424 e. The zero-order chi connectivity index (χ0) is 14.9. The maximum Gasteiger partial charge on any atom is 0.424 e. The Morgan fingerprint density at radius 1 is 1.35 bits per heavy atom. The van der Waals surface area contributed by atoms with Crippen molar-refractivity contribution in [3.63, 3.8) is 0 Å². The second-order valence-electron chi connectivity index (χ2n) is 4.67. The molecular weight excluding hydrogens is 278 g/mol. The predicted octanol–water partition coefficient (Wildman–Crippen LogP) is 2.47. The molecule has 20 heavy (non-hydrogen) atoms. The van der Waals surface area contributed by atoms with Crippen LogP contribution >= 0.6 is 0 Å². The lowest BCUT2D eigenvalue weighted by atomic mass is 10.1. The highest BCUT2D eigenvalue weighted by Crippen LogP contribution is 2.29. The Hall–Kier alpha value is -1.82. The zero-order valence-corrected chi connectivity index (χ0v) is 12.3. The van der Waals surface area contributed by atoms with Crippen molar-refractivity contribution in [3.8, 4) is 0 Å². The Morgan fingerprint density at radius 2 is 1.95 bits per heavy atom. The van der Waals surface area contributed by atoms with Crippen LogP contribution in [0.4, 0.5) is 4.79 Å². The van der Waals surface area contributed by atoms with Crippen molar-refractivity contribution in [3.05, 3.63) is 42.5 Å². The first-order valence-electron chi connectivity index (χ1n) is 6.36. The topological polar surface area (TPSA) is 63.7 Å². The van der Waals surface area contributed by atoms with E-state index in [1.54, 1.807) is 12.1 Å². The highest BCUT2D eigenvalue weighted by Gasteiger charge is 2.46. The molecule has 0 saturated carbocycles. The van der Waals surface area contributed by atoms with Crippen LogP contribution in [0, 0.1) is 6.92 Å². The van der Waals surface area contributed by atoms with Gasteiger partial charge in [-0.05, 0) is 25.5 Å². The third-order valence-electron chi connectivity index (χ3n) is 3.31. The summed E-state index contributed by atoms with van der Waals surface area (Å²) in [5.41, 5.74) is 0.944. The van der Waals surface area contributed by atoms with Gasteiger partial charge in [0.05, 0.1) is 4.90 Å². The van der Waals surface area contributed by atoms with Crippen molar-refractivity contribution in [1.29, 1.82) is 0 Å². The number of amides is 1. The van der Waals surface area contributed by atoms with E-state index >= 15 is 0 Å². The summed E-state index contributed by atoms with van der Waals surface area (Å²) in [4.78, 5) is 11.9. The van der Waals surface area contributed by atoms with Gasteiger partial charge in [0.1, 0.15) is 12.1 Å². The molecule has 0 radical (unpaired) electrons. The molecular formula is C14H17NO4S. The van der Waals surface area contributed by atoms with Gasteiger partial charge in [0.15, 0.2) is 0 Å². The Labute approximate surface area is 118 Å². The van der Waals surface area contributed by atoms with Gasteiger partial charge in [-0.25, -0.2) is 13.2 Å². The first-order chi connectivity index (χ1) is 9.41. The summed E-state index contributed by atoms with van der Waals surface area (Å²) in [5.74, 6) is 0. The van der Waals surface area contributed by atoms with E-state index in [0.29, 0.717) is 6.42 Å². The first kappa shape index (κ1) is 14.6. The molecule has 0 unspecified atom stereocenters. The third-order valence-corrected chi connectivity index (χ3v) is 5.08. The molecule has 1 heterocycles. The van der Waals surface area contributed by atoms with E-state index in [4.69, 9.17) is 4.74 Å². The summed E-state index contributed by atoms with van der Waals surface area (Å²) in [5, 5.41) is 0. The first-order valence-corrected chi connectivity index (χ1v) is 7.80. The molecule has 1 aromatic carbocycles. The number of carbonyl (C=O) groups is 1. The second-order valence-corrected chi connectivity index (χ2v) is 6.49. The Morgan fingerprint density at radius 3 is 2.45 bits per heavy atom. The van der Waals surface area contributed by atoms with Crippen molar-refractivity contribution in [1.82, 2.24) is 4.31 Å². The van der Waals surface area contributed by atoms with Crippen molar-refractivity contribution < 1.29 is 17.9 Å². The number of sulfonamides is 1. The largest absolute Gasteiger partial charge is 0.443 e. The summed E-state index contributed by atoms with van der Waals surface area (Å²) in [6, 6.07) is 5.68. The maximum atomic E-state index is 12.6. The summed E-state index contributed by atoms with van der Waals surface area (Å²) in [6.45, 7) is 7.30. The van der Waals surface area contributed by atoms with E-state index in [-0.39, 0.29) is 4.90 Å². The Bertz CT molecular complexity index is 621. The number of nitrogens with zero attached hydrogens (tertiary/aromatic N) is 1. The van der Waals surface area contributed by atoms with Crippen molar-refractivity contribution >= 4 is 16.1 Å². The van der Waals surface area contributed by atoms with Gasteiger partial charge in [0, 0.05) is 0 Å². The molecule has 2 atom stereocenters. The van der Waals surface area contributed by atoms with E-state index in [9.17, 15) is 13.2 Å². The molecule has 0 spiro atoms. The lowest BCUT2D eigenvalue weighted by Gasteiger charge is -2.20. The van der Waals surface area contributed by atoms with Crippen LogP contribution < -0.4 is 0 Å². The fourth-order valence-corrected chi connectivity index (χ4v) is 3.67. The molecule has 0 bridgehead atoms. The van der Waals surface area contributed by atoms with Crippen molar-refractivity contribution in [2.45, 2.75) is 37.3 Å². The lowest BCUT2D eigenvalue weighted by Crippen LogP contribution is -2.39. The number of aryl methyl sites for hydroxylation is 1. The van der Waals surface area contributed by atoms with Crippen LogP contribution in [-0.2, 0) is 14.8 Å². The van der Waals surface area contributed by atoms with Crippen molar-refractivity contribution in [2.75, 3.05) is 0 Å². The lowest BCUT2D eigenvalue weighted by molar-refractivity contribution is 0.132. The van der Waals surface area contributed by atoms with Gasteiger partial charge in [-0.1, -0.05) is 30.7 Å². The quantitative estimate of drug-likeness (QED) is 0.800. The van der Waals surface area contributed by atoms with Gasteiger partial charge in [-0.3, -0.25) is 0 Å². The minimum atomic E-state index is -3.92. The summed E-state index contributed by atoms with van der Waals surface area (Å²) in [7, 11) is -3.92. The minimum Gasteiger partial charge on any atom is -0.443 e. The molecule has 1 fully saturated rings. The van der Waals surface area contributed by atoms with E-state index in [1.807, 2.05) is 13.8 Å². The number of cyclic esters (lactones) is 1. The van der Waals surface area contributed by atoms with E-state index < -0.39 is 28.3 Å². The zero-order valence-electron chi connectivity index (χ0n) is 11.4. The average Bonchev–Trinajstić information content (AvgIpc) is 2.75. The number of benzene rings is 1. The molecule has 1 amide bonds. The van der Waals surface area contributed by atoms with Gasteiger partial charge in [-0.2, -0.15) is 4.31 Å². The normalized spacial score (nSPS) is 22.7. The third kappa shape index (κ3) is 2.31. The Kier molecular flexibility index (Phi) is 3.85. The molecule has 0 N–H and O–H groups in total. The van der Waals surface area contributed by atoms with Crippen LogP contribution in [0.3, 0.4) is 0 Å². The van der Waals surface area contributed by atoms with Crippen LogP contribution in [0.15, 0.2) is 41.8 Å². The standard InChI is InChI=1S/C14H17NO4S/c1-4-12-13(5-2)19-14(16)15(12)20(17,18)11-8-6-10(3)7-9-11/h4,6-9,12-13H,1,5H2,2-3H3/t12-,13+/m1/s1. The predicted molar refractivity (Wildman–Crippen MR) is 74.7 cm³/mol. The molecule has 6 heteroatoms. The van der Waals surface area contributed by atoms with Gasteiger partial charge in [0.25, 0.3) is 10.0 Å². The van der Waals surface area contributed by atoms with Gasteiger partial charge < -0.3 is 4.74 Å². The molecule has 0 aromatic heterocycles. The van der Waals surface area contributed by atoms with Crippen LogP contribution in [0.5, 0.6) is 0 Å². The van der Waals surface area contributed by atoms with Crippen LogP contribution in [-0.4, -0.2) is 31.0 Å². The number of ether oxygens (including phenoxy) is 1. The van der Waals surface area contributed by atoms with E-state index in [2.05, 4.69) is 6.58 Å². The second kappa shape index (κ2) is 5.28. The average molecular weight is 295 g/mol. The monoisotopic (exact) mass is 295 g/mol. The van der Waals surface area contributed by atoms with Gasteiger partial charge >= 0.3 is 6.09 Å². The molecule has 1 aliphatic rings. The summed E-state index contributed by atoms with van der Waals surface area (Å²) < 4.78 is 31.0. The molecule has 5 nitrogen and oxygen atoms in total. The van der Waals surface area contributed by atoms with Crippen molar-refractivity contribution in [2.24, 2.45) is 0 Å². The van der Waals surface area contributed by atoms with Crippen LogP contribution in [0.2, 0.25) is 0 Å². The van der Waals surface area contributed by atoms with E-state index in [0.717, 1.165) is 9.87 Å². The van der Waals surface area contributed by atoms with Crippen LogP contribution in [0.1, 0.15) is 18.9 Å². The number of rotatable bonds is 4. The number of carbonyl (C=O) groups excluding carboxylic acids is 1. The summed E-state index contributed by atoms with van der Waals surface area (Å²) >= 11 is 0. The maximum absolute atomic E-state index is 12.6. The van der Waals surface area contributed by atoms with Crippen LogP contribution in [0.25, 0.3) is 0 Å². The van der Waals surface area contributed by atoms with E-state index in [1.165, 1.54) is 18.2 Å². The molecule has 1 saturated heterocycles.